The molecular formula is C52H64ClN13O21S4. The average Bonchev–Trinajstić information content (AvgIpc) is 1.86. The van der Waals surface area contributed by atoms with E-state index in [4.69, 9.17) is 22.3 Å². The van der Waals surface area contributed by atoms with Crippen molar-refractivity contribution in [2.75, 3.05) is 42.5 Å². The first-order valence-electron chi connectivity index (χ1n) is 26.9. The van der Waals surface area contributed by atoms with E-state index in [9.17, 15) is 77.9 Å². The number of amides is 2. The van der Waals surface area contributed by atoms with Crippen LogP contribution in [0.4, 0.5) is 33.2 Å². The Hall–Kier alpha value is -8.38. The number of carbonyl (C=O) groups is 5. The van der Waals surface area contributed by atoms with Gasteiger partial charge in [-0.3, -0.25) is 29.8 Å². The molecule has 5 aromatic carbocycles. The maximum Gasteiger partial charge on any atom is 0.342 e. The Labute approximate surface area is 526 Å². The van der Waals surface area contributed by atoms with E-state index < -0.39 is 79.3 Å². The Bertz CT molecular complexity index is 3770. The number of urea groups is 1. The van der Waals surface area contributed by atoms with Crippen LogP contribution >= 0.6 is 10.7 Å². The van der Waals surface area contributed by atoms with E-state index in [1.165, 1.54) is 65.0 Å². The van der Waals surface area contributed by atoms with Crippen molar-refractivity contribution in [2.24, 2.45) is 11.8 Å². The largest absolute Gasteiger partial charge is 0.399 e. The van der Waals surface area contributed by atoms with Gasteiger partial charge < -0.3 is 41.0 Å². The summed E-state index contributed by atoms with van der Waals surface area (Å²) in [6.45, 7) is 4.11. The minimum absolute atomic E-state index is 0.0127. The number of nitrogens with one attached hydrogen (secondary N) is 5. The Kier molecular flexibility index (Phi) is 27.5. The molecule has 9 rings (SSSR count). The number of nitro benzene ring substituents is 2. The van der Waals surface area contributed by atoms with Gasteiger partial charge in [-0.2, -0.15) is 24.7 Å². The Balaban J connectivity index is 0.000000217. The smallest absolute Gasteiger partial charge is 0.342 e. The van der Waals surface area contributed by atoms with Gasteiger partial charge in [-0.15, -0.1) is 11.0 Å². The molecule has 11 N–H and O–H groups in total. The Morgan fingerprint density at radius 3 is 1.34 bits per heavy atom. The van der Waals surface area contributed by atoms with Crippen LogP contribution in [0, 0.1) is 27.2 Å². The zero-order valence-corrected chi connectivity index (χ0v) is 52.1. The number of nitrogens with two attached hydrogens (primary N) is 3. The van der Waals surface area contributed by atoms with Gasteiger partial charge in [0.05, 0.1) is 29.4 Å². The second-order valence-corrected chi connectivity index (χ2v) is 27.7. The third-order valence-corrected chi connectivity index (χ3v) is 20.6. The highest BCUT2D eigenvalue weighted by molar-refractivity contribution is 8.13. The molecule has 0 aliphatic carbocycles. The number of rotatable bonds is 19. The maximum absolute atomic E-state index is 12.8. The molecule has 4 saturated heterocycles. The van der Waals surface area contributed by atoms with Gasteiger partial charge in [0.25, 0.3) is 20.4 Å². The summed E-state index contributed by atoms with van der Waals surface area (Å²) in [4.78, 5) is 91.4. The third kappa shape index (κ3) is 21.1. The first-order valence-corrected chi connectivity index (χ1v) is 33.6. The van der Waals surface area contributed by atoms with Crippen LogP contribution in [0.1, 0.15) is 56.9 Å². The molecule has 4 aliphatic heterocycles. The summed E-state index contributed by atoms with van der Waals surface area (Å²) in [7, 11) is -10.1. The fourth-order valence-electron chi connectivity index (χ4n) is 8.97. The van der Waals surface area contributed by atoms with Gasteiger partial charge in [0, 0.05) is 71.6 Å². The van der Waals surface area contributed by atoms with E-state index in [-0.39, 0.29) is 69.0 Å². The van der Waals surface area contributed by atoms with E-state index in [0.29, 0.717) is 62.1 Å². The quantitative estimate of drug-likeness (QED) is 0.0193. The highest BCUT2D eigenvalue weighted by Crippen LogP contribution is 2.30. The zero-order valence-electron chi connectivity index (χ0n) is 48.0. The maximum atomic E-state index is 12.8. The van der Waals surface area contributed by atoms with Gasteiger partial charge >= 0.3 is 30.9 Å². The Morgan fingerprint density at radius 2 is 0.945 bits per heavy atom. The number of aryl methyl sites for hydroxylation is 1. The van der Waals surface area contributed by atoms with Crippen LogP contribution in [0.2, 0.25) is 0 Å². The first-order chi connectivity index (χ1) is 43.1. The van der Waals surface area contributed by atoms with Gasteiger partial charge in [-0.1, -0.05) is 17.7 Å². The minimum atomic E-state index is -3.89. The number of sulfonamides is 3. The number of non-ortho nitro benzene ring substituents is 2. The molecular weight excluding hydrogens is 1310 g/mol. The van der Waals surface area contributed by atoms with Crippen LogP contribution in [0.5, 0.6) is 0 Å². The van der Waals surface area contributed by atoms with Crippen molar-refractivity contribution >= 4 is 109 Å². The van der Waals surface area contributed by atoms with Crippen molar-refractivity contribution in [1.82, 2.24) is 29.2 Å². The molecule has 4 heterocycles. The molecule has 0 bridgehead atoms. The summed E-state index contributed by atoms with van der Waals surface area (Å²) in [5, 5.41) is 29.0. The molecule has 4 fully saturated rings. The molecule has 39 heteroatoms. The summed E-state index contributed by atoms with van der Waals surface area (Å²) in [6.07, 6.45) is 3.99. The molecule has 4 aliphatic rings. The number of carbonyl (C=O) groups excluding carboxylic acids is 5. The number of hydroxylamine groups is 2. The van der Waals surface area contributed by atoms with E-state index in [1.807, 2.05) is 19.1 Å². The number of nitrogen functional groups attached to an aromatic ring is 1. The zero-order chi connectivity index (χ0) is 67.1. The van der Waals surface area contributed by atoms with Gasteiger partial charge in [0.15, 0.2) is 0 Å². The highest BCUT2D eigenvalue weighted by Gasteiger charge is 2.41. The summed E-state index contributed by atoms with van der Waals surface area (Å²) in [5.74, 6) is 8.44. The van der Waals surface area contributed by atoms with E-state index in [1.54, 1.807) is 12.1 Å². The van der Waals surface area contributed by atoms with Gasteiger partial charge in [-0.05, 0) is 150 Å². The molecule has 0 unspecified atom stereocenters. The predicted molar refractivity (Wildman–Crippen MR) is 323 cm³/mol. The van der Waals surface area contributed by atoms with Crippen LogP contribution in [0.15, 0.2) is 141 Å². The monoisotopic (exact) mass is 1370 g/mol. The summed E-state index contributed by atoms with van der Waals surface area (Å²) >= 11 is 0. The van der Waals surface area contributed by atoms with Crippen molar-refractivity contribution in [1.29, 1.82) is 0 Å². The molecule has 0 saturated carbocycles. The number of anilines is 3. The lowest BCUT2D eigenvalue weighted by Crippen LogP contribution is -2.44. The molecule has 2 amide bonds. The van der Waals surface area contributed by atoms with Crippen LogP contribution in [0.25, 0.3) is 0 Å². The number of hydrogen-bond donors (Lipinski definition) is 8. The first kappa shape index (κ1) is 73.4. The fourth-order valence-corrected chi connectivity index (χ4v) is 14.6. The number of nitro groups is 2. The number of benzene rings is 5. The van der Waals surface area contributed by atoms with E-state index >= 15 is 0 Å². The van der Waals surface area contributed by atoms with Crippen molar-refractivity contribution in [3.63, 3.8) is 0 Å². The van der Waals surface area contributed by atoms with Crippen molar-refractivity contribution < 1.29 is 86.8 Å². The van der Waals surface area contributed by atoms with Gasteiger partial charge in [0.1, 0.15) is 24.4 Å². The third-order valence-electron chi connectivity index (χ3n) is 13.5. The molecule has 494 valence electrons. The number of hydrogen-bond acceptors (Lipinski definition) is 27. The number of nitrogens with zero attached hydrogens (tertiary/aromatic N) is 5. The summed E-state index contributed by atoms with van der Waals surface area (Å²) < 4.78 is 100. The van der Waals surface area contributed by atoms with Crippen molar-refractivity contribution in [2.45, 2.75) is 102 Å². The standard InChI is InChI=1S/C19H22N4O5S.C11H13N3O6S.C11H15N3O4S.C6H4ClNO4S.C5H10N2O2/c1-13-4-6-14(7-5-13)21-19(25)22-15-8-10-16(11-9-15)29(26,27)23-12-2-3-17(23)18(24)28-20;15-8-20-12-11-2-1-7-13(11)21(18,19)10-5-3-9(4-6-10)14(16)17;12-9-3-5-10(6-4-9)19(16,17)14-7-1-2-11(14)13-18-8-15;7-13(11,12)6-3-1-5(2-4-6)8(9)10;6-9-5(8)4-2-1-3-7-4/h4-11,17H,2-3,12,20H2,1H3,(H2,21,22,25);3-6,8,11-12H,1-2,7H2;3-6,8,11,13H,1-2,7,12H2;1-4H;4,7H,1-3,6H2/t17-;2*11-;;4-/m000.0/s1. The van der Waals surface area contributed by atoms with E-state index in [2.05, 4.69) is 52.2 Å². The molecule has 0 spiro atoms. The van der Waals surface area contributed by atoms with Crippen LogP contribution in [-0.4, -0.2) is 138 Å². The van der Waals surface area contributed by atoms with Crippen molar-refractivity contribution in [3.8, 4) is 0 Å². The second kappa shape index (κ2) is 34.2. The lowest BCUT2D eigenvalue weighted by atomic mass is 10.2. The lowest BCUT2D eigenvalue weighted by Gasteiger charge is -2.23. The fraction of sp³-hybridized carbons (Fsp3) is 0.327. The minimum Gasteiger partial charge on any atom is -0.399 e. The SMILES string of the molecule is Cc1ccc(NC(=O)Nc2ccc(S(=O)(=O)N3CCC[C@H]3C(=O)ON)cc2)cc1.NOC(=O)[C@@H]1CCCN1.Nc1ccc(S(=O)(=O)N2CCC[C@H]2NOC=O)cc1.O=CON[C@@H]1CCCN1S(=O)(=O)c1ccc([N+](=O)[O-])cc1.O=[N+]([O-])c1ccc(S(=O)(=O)Cl)cc1. The Morgan fingerprint density at radius 1 is 0.560 bits per heavy atom. The second-order valence-electron chi connectivity index (χ2n) is 19.5. The highest BCUT2D eigenvalue weighted by atomic mass is 35.7. The topological polar surface area (TPSA) is 493 Å². The molecule has 4 atom stereocenters. The summed E-state index contributed by atoms with van der Waals surface area (Å²) in [5.41, 5.74) is 12.6. The molecule has 34 nitrogen and oxygen atoms in total. The predicted octanol–water partition coefficient (Wildman–Crippen LogP) is 3.33. The molecule has 0 radical (unpaired) electrons. The van der Waals surface area contributed by atoms with Crippen molar-refractivity contribution in [3.05, 3.63) is 147 Å². The molecule has 0 aromatic heterocycles. The average molecular weight is 1370 g/mol. The van der Waals surface area contributed by atoms with Crippen LogP contribution in [0.3, 0.4) is 0 Å². The molecule has 91 heavy (non-hydrogen) atoms. The lowest BCUT2D eigenvalue weighted by molar-refractivity contribution is -0.385. The normalized spacial score (nSPS) is 18.3. The number of halogens is 1. The van der Waals surface area contributed by atoms with E-state index in [0.717, 1.165) is 70.0 Å². The summed E-state index contributed by atoms with van der Waals surface area (Å²) in [6, 6.07) is 26.4. The van der Waals surface area contributed by atoms with Crippen LogP contribution in [-0.2, 0) is 77.6 Å². The van der Waals surface area contributed by atoms with Gasteiger partial charge in [0.2, 0.25) is 30.1 Å². The van der Waals surface area contributed by atoms with Gasteiger partial charge in [-0.25, -0.2) is 48.1 Å². The van der Waals surface area contributed by atoms with Crippen LogP contribution < -0.4 is 44.4 Å². The molecule has 5 aromatic rings.